The van der Waals surface area contributed by atoms with Gasteiger partial charge < -0.3 is 15.8 Å². The number of nitrogens with one attached hydrogen (secondary N) is 2. The number of guanidine groups is 1. The van der Waals surface area contributed by atoms with Crippen molar-refractivity contribution >= 4 is 17.7 Å². The molecule has 2 aromatic carbocycles. The molecule has 6 nitrogen and oxygen atoms in total. The monoisotopic (exact) mass is 368 g/mol. The number of hydrogen-bond acceptors (Lipinski definition) is 3. The Bertz CT molecular complexity index is 760. The number of para-hydroxylation sites is 1. The number of aliphatic imine (C=N–C) groups is 1. The van der Waals surface area contributed by atoms with Crippen molar-refractivity contribution in [3.63, 3.8) is 0 Å². The van der Waals surface area contributed by atoms with Crippen LogP contribution in [-0.4, -0.2) is 31.7 Å². The van der Waals surface area contributed by atoms with E-state index in [1.165, 1.54) is 5.56 Å². The van der Waals surface area contributed by atoms with Gasteiger partial charge in [-0.1, -0.05) is 55.5 Å². The van der Waals surface area contributed by atoms with Gasteiger partial charge in [-0.3, -0.25) is 10.3 Å². The zero-order chi connectivity index (χ0) is 19.5. The largest absolute Gasteiger partial charge is 0.379 e. The van der Waals surface area contributed by atoms with E-state index in [1.54, 1.807) is 0 Å². The lowest BCUT2D eigenvalue weighted by Crippen LogP contribution is -2.40. The maximum Gasteiger partial charge on any atom is 0.326 e. The van der Waals surface area contributed by atoms with Crippen LogP contribution < -0.4 is 16.4 Å². The van der Waals surface area contributed by atoms with Gasteiger partial charge in [0.1, 0.15) is 0 Å². The Hall–Kier alpha value is -2.86. The second-order valence-electron chi connectivity index (χ2n) is 6.16. The van der Waals surface area contributed by atoms with Gasteiger partial charge in [-0.25, -0.2) is 4.79 Å². The van der Waals surface area contributed by atoms with E-state index in [9.17, 15) is 4.79 Å². The highest BCUT2D eigenvalue weighted by molar-refractivity contribution is 6.02. The molecule has 0 unspecified atom stereocenters. The molecule has 27 heavy (non-hydrogen) atoms. The van der Waals surface area contributed by atoms with E-state index in [1.807, 2.05) is 50.2 Å². The van der Waals surface area contributed by atoms with Crippen LogP contribution in [0.15, 0.2) is 53.5 Å². The predicted molar refractivity (Wildman–Crippen MR) is 110 cm³/mol. The van der Waals surface area contributed by atoms with E-state index in [0.29, 0.717) is 19.8 Å². The number of benzene rings is 2. The number of hydrogen-bond donors (Lipinski definition) is 3. The summed E-state index contributed by atoms with van der Waals surface area (Å²) in [7, 11) is 0. The fraction of sp³-hybridized carbons (Fsp3) is 0.333. The minimum absolute atomic E-state index is 0.0748. The molecule has 0 aliphatic heterocycles. The number of rotatable bonds is 8. The summed E-state index contributed by atoms with van der Waals surface area (Å²) in [5, 5.41) is 5.39. The standard InChI is InChI=1S/C21H28N4O2/c1-3-18-11-7-8-16(2)19(18)24-21(26)25-20(22)23-13-15-27-14-12-17-9-5-4-6-10-17/h4-11H,3,12-15H2,1-2H3,(H4,22,23,24,25,26). The molecule has 4 N–H and O–H groups in total. The first-order valence-corrected chi connectivity index (χ1v) is 9.18. The van der Waals surface area contributed by atoms with Crippen molar-refractivity contribution < 1.29 is 9.53 Å². The maximum absolute atomic E-state index is 12.1. The lowest BCUT2D eigenvalue weighted by molar-refractivity contribution is 0.145. The van der Waals surface area contributed by atoms with Gasteiger partial charge in [-0.05, 0) is 36.5 Å². The first-order valence-electron chi connectivity index (χ1n) is 9.18. The molecule has 144 valence electrons. The van der Waals surface area contributed by atoms with Crippen LogP contribution in [0.3, 0.4) is 0 Å². The molecule has 0 aliphatic carbocycles. The van der Waals surface area contributed by atoms with Crippen LogP contribution in [0.5, 0.6) is 0 Å². The van der Waals surface area contributed by atoms with Gasteiger partial charge in [0.2, 0.25) is 0 Å². The van der Waals surface area contributed by atoms with E-state index in [0.717, 1.165) is 29.7 Å². The van der Waals surface area contributed by atoms with Crippen LogP contribution in [-0.2, 0) is 17.6 Å². The van der Waals surface area contributed by atoms with Crippen LogP contribution in [0, 0.1) is 6.92 Å². The van der Waals surface area contributed by atoms with E-state index >= 15 is 0 Å². The number of nitrogens with zero attached hydrogens (tertiary/aromatic N) is 1. The third-order valence-electron chi connectivity index (χ3n) is 4.12. The number of ether oxygens (including phenoxy) is 1. The second-order valence-corrected chi connectivity index (χ2v) is 6.16. The van der Waals surface area contributed by atoms with Crippen LogP contribution in [0.4, 0.5) is 10.5 Å². The highest BCUT2D eigenvalue weighted by Gasteiger charge is 2.09. The summed E-state index contributed by atoms with van der Waals surface area (Å²) < 4.78 is 5.54. The van der Waals surface area contributed by atoms with Gasteiger partial charge in [0, 0.05) is 5.69 Å². The Morgan fingerprint density at radius 2 is 1.89 bits per heavy atom. The summed E-state index contributed by atoms with van der Waals surface area (Å²) in [6, 6.07) is 15.7. The first-order chi connectivity index (χ1) is 13.1. The van der Waals surface area contributed by atoms with Crippen LogP contribution in [0.25, 0.3) is 0 Å². The topological polar surface area (TPSA) is 88.7 Å². The predicted octanol–water partition coefficient (Wildman–Crippen LogP) is 3.25. The molecule has 2 amide bonds. The molecule has 0 spiro atoms. The van der Waals surface area contributed by atoms with Crippen molar-refractivity contribution in [2.24, 2.45) is 10.7 Å². The molecule has 0 atom stereocenters. The Labute approximate surface area is 160 Å². The minimum atomic E-state index is -0.398. The lowest BCUT2D eigenvalue weighted by Gasteiger charge is -2.13. The van der Waals surface area contributed by atoms with Gasteiger partial charge in [0.05, 0.1) is 19.8 Å². The molecule has 0 radical (unpaired) electrons. The van der Waals surface area contributed by atoms with Gasteiger partial charge in [-0.2, -0.15) is 0 Å². The van der Waals surface area contributed by atoms with Crippen LogP contribution >= 0.6 is 0 Å². The normalized spacial score (nSPS) is 11.3. The summed E-state index contributed by atoms with van der Waals surface area (Å²) in [6.45, 7) is 5.48. The fourth-order valence-electron chi connectivity index (χ4n) is 2.67. The summed E-state index contributed by atoms with van der Waals surface area (Å²) in [5.74, 6) is 0.0748. The number of carbonyl (C=O) groups is 1. The number of carbonyl (C=O) groups excluding carboxylic acids is 1. The zero-order valence-corrected chi connectivity index (χ0v) is 16.0. The zero-order valence-electron chi connectivity index (χ0n) is 16.0. The van der Waals surface area contributed by atoms with Crippen molar-refractivity contribution in [1.82, 2.24) is 5.32 Å². The van der Waals surface area contributed by atoms with Crippen molar-refractivity contribution in [2.75, 3.05) is 25.1 Å². The highest BCUT2D eigenvalue weighted by atomic mass is 16.5. The van der Waals surface area contributed by atoms with Gasteiger partial charge in [0.15, 0.2) is 5.96 Å². The number of urea groups is 1. The van der Waals surface area contributed by atoms with Crippen LogP contribution in [0.2, 0.25) is 0 Å². The van der Waals surface area contributed by atoms with Crippen molar-refractivity contribution in [3.05, 3.63) is 65.2 Å². The van der Waals surface area contributed by atoms with Gasteiger partial charge in [-0.15, -0.1) is 0 Å². The molecular formula is C21H28N4O2. The first kappa shape index (κ1) is 20.5. The number of nitrogens with two attached hydrogens (primary N) is 1. The third kappa shape index (κ3) is 7.11. The Balaban J connectivity index is 1.70. The van der Waals surface area contributed by atoms with E-state index < -0.39 is 6.03 Å². The Kier molecular flexibility index (Phi) is 8.32. The van der Waals surface area contributed by atoms with Gasteiger partial charge in [0.25, 0.3) is 0 Å². The number of anilines is 1. The smallest absolute Gasteiger partial charge is 0.326 e. The molecule has 0 aliphatic rings. The van der Waals surface area contributed by atoms with Crippen molar-refractivity contribution in [1.29, 1.82) is 0 Å². The Morgan fingerprint density at radius 3 is 2.63 bits per heavy atom. The summed E-state index contributed by atoms with van der Waals surface area (Å²) in [4.78, 5) is 16.2. The SMILES string of the molecule is CCc1cccc(C)c1NC(=O)NC(N)=NCCOCCc1ccccc1. The molecule has 0 heterocycles. The quantitative estimate of drug-likeness (QED) is 0.380. The third-order valence-corrected chi connectivity index (χ3v) is 4.12. The lowest BCUT2D eigenvalue weighted by atomic mass is 10.1. The summed E-state index contributed by atoms with van der Waals surface area (Å²) >= 11 is 0. The highest BCUT2D eigenvalue weighted by Crippen LogP contribution is 2.20. The molecule has 0 fully saturated rings. The maximum atomic E-state index is 12.1. The van der Waals surface area contributed by atoms with Gasteiger partial charge >= 0.3 is 6.03 Å². The van der Waals surface area contributed by atoms with E-state index in [-0.39, 0.29) is 5.96 Å². The summed E-state index contributed by atoms with van der Waals surface area (Å²) in [6.07, 6.45) is 1.69. The average Bonchev–Trinajstić information content (AvgIpc) is 2.67. The van der Waals surface area contributed by atoms with Crippen LogP contribution in [0.1, 0.15) is 23.6 Å². The fourth-order valence-corrected chi connectivity index (χ4v) is 2.67. The molecule has 6 heteroatoms. The average molecular weight is 368 g/mol. The molecule has 0 aromatic heterocycles. The van der Waals surface area contributed by atoms with Crippen molar-refractivity contribution in [2.45, 2.75) is 26.7 Å². The molecule has 0 saturated carbocycles. The minimum Gasteiger partial charge on any atom is -0.379 e. The number of amides is 2. The molecule has 0 saturated heterocycles. The molecular weight excluding hydrogens is 340 g/mol. The van der Waals surface area contributed by atoms with E-state index in [2.05, 4.69) is 27.8 Å². The summed E-state index contributed by atoms with van der Waals surface area (Å²) in [5.41, 5.74) is 9.90. The number of aryl methyl sites for hydroxylation is 2. The second kappa shape index (κ2) is 11.0. The molecule has 2 rings (SSSR count). The van der Waals surface area contributed by atoms with Crippen molar-refractivity contribution in [3.8, 4) is 0 Å². The molecule has 0 bridgehead atoms. The van der Waals surface area contributed by atoms with E-state index in [4.69, 9.17) is 10.5 Å². The Morgan fingerprint density at radius 1 is 1.11 bits per heavy atom. The molecule has 2 aromatic rings.